The quantitative estimate of drug-likeness (QED) is 0.864. The van der Waals surface area contributed by atoms with Crippen molar-refractivity contribution < 1.29 is 0 Å². The van der Waals surface area contributed by atoms with Crippen LogP contribution in [-0.4, -0.2) is 40.1 Å². The minimum atomic E-state index is 0.595. The molecule has 1 saturated heterocycles. The van der Waals surface area contributed by atoms with Gasteiger partial charge in [-0.05, 0) is 39.8 Å². The lowest BCUT2D eigenvalue weighted by Gasteiger charge is -2.30. The van der Waals surface area contributed by atoms with Gasteiger partial charge in [0.2, 0.25) is 0 Å². The number of piperidine rings is 1. The van der Waals surface area contributed by atoms with E-state index in [-0.39, 0.29) is 0 Å². The van der Waals surface area contributed by atoms with E-state index < -0.39 is 0 Å². The minimum absolute atomic E-state index is 0.595. The fourth-order valence-electron chi connectivity index (χ4n) is 2.64. The lowest BCUT2D eigenvalue weighted by molar-refractivity contribution is 0.204. The Bertz CT molecular complexity index is 354. The van der Waals surface area contributed by atoms with Gasteiger partial charge in [0.1, 0.15) is 5.82 Å². The Hall–Kier alpha value is -0.870. The van der Waals surface area contributed by atoms with Crippen LogP contribution in [0.1, 0.15) is 38.4 Å². The van der Waals surface area contributed by atoms with E-state index in [0.717, 1.165) is 12.4 Å². The third-order valence-corrected chi connectivity index (χ3v) is 4.10. The van der Waals surface area contributed by atoms with Crippen molar-refractivity contribution in [2.24, 2.45) is 7.05 Å². The molecule has 102 valence electrons. The predicted molar refractivity (Wildman–Crippen MR) is 74.4 cm³/mol. The summed E-state index contributed by atoms with van der Waals surface area (Å²) < 4.78 is 2.10. The van der Waals surface area contributed by atoms with Crippen LogP contribution < -0.4 is 5.32 Å². The average Bonchev–Trinajstić information content (AvgIpc) is 2.76. The maximum absolute atomic E-state index is 4.39. The highest BCUT2D eigenvalue weighted by Crippen LogP contribution is 2.15. The van der Waals surface area contributed by atoms with Crippen molar-refractivity contribution in [3.63, 3.8) is 0 Å². The Morgan fingerprint density at radius 3 is 3.00 bits per heavy atom. The van der Waals surface area contributed by atoms with Crippen molar-refractivity contribution in [2.75, 3.05) is 13.6 Å². The number of hydrogen-bond donors (Lipinski definition) is 1. The molecule has 18 heavy (non-hydrogen) atoms. The van der Waals surface area contributed by atoms with Crippen LogP contribution in [0, 0.1) is 0 Å². The zero-order chi connectivity index (χ0) is 13.0. The van der Waals surface area contributed by atoms with E-state index >= 15 is 0 Å². The molecule has 4 heteroatoms. The number of aromatic nitrogens is 2. The third kappa shape index (κ3) is 3.56. The monoisotopic (exact) mass is 250 g/mol. The number of imidazole rings is 1. The normalized spacial score (nSPS) is 22.3. The van der Waals surface area contributed by atoms with Crippen LogP contribution in [0.3, 0.4) is 0 Å². The molecule has 0 amide bonds. The first kappa shape index (κ1) is 13.6. The summed E-state index contributed by atoms with van der Waals surface area (Å²) in [6, 6.07) is 1.30. The molecule has 2 unspecified atom stereocenters. The molecule has 2 heterocycles. The second-order valence-corrected chi connectivity index (χ2v) is 5.60. The molecule has 1 fully saturated rings. The predicted octanol–water partition coefficient (Wildman–Crippen LogP) is 1.77. The molecule has 0 aliphatic carbocycles. The largest absolute Gasteiger partial charge is 0.337 e. The summed E-state index contributed by atoms with van der Waals surface area (Å²) in [7, 11) is 4.26. The summed E-state index contributed by atoms with van der Waals surface area (Å²) in [6.07, 6.45) is 9.18. The molecule has 0 saturated carbocycles. The molecule has 0 spiro atoms. The van der Waals surface area contributed by atoms with E-state index in [9.17, 15) is 0 Å². The standard InChI is InChI=1S/C14H26N4/c1-12(10-13-6-4-5-7-15-13)18(3)11-14-16-8-9-17(14)2/h8-9,12-13,15H,4-7,10-11H2,1-3H3. The van der Waals surface area contributed by atoms with Gasteiger partial charge in [-0.3, -0.25) is 4.90 Å². The van der Waals surface area contributed by atoms with Gasteiger partial charge in [0, 0.05) is 31.5 Å². The smallest absolute Gasteiger partial charge is 0.122 e. The average molecular weight is 250 g/mol. The van der Waals surface area contributed by atoms with Crippen LogP contribution in [0.25, 0.3) is 0 Å². The van der Waals surface area contributed by atoms with Crippen LogP contribution in [0.2, 0.25) is 0 Å². The van der Waals surface area contributed by atoms with Gasteiger partial charge in [-0.2, -0.15) is 0 Å². The van der Waals surface area contributed by atoms with Crippen LogP contribution in [0.4, 0.5) is 0 Å². The number of nitrogens with zero attached hydrogens (tertiary/aromatic N) is 3. The topological polar surface area (TPSA) is 33.1 Å². The molecule has 4 nitrogen and oxygen atoms in total. The fourth-order valence-corrected chi connectivity index (χ4v) is 2.64. The van der Waals surface area contributed by atoms with Gasteiger partial charge in [-0.25, -0.2) is 4.98 Å². The zero-order valence-corrected chi connectivity index (χ0v) is 11.9. The van der Waals surface area contributed by atoms with Crippen molar-refractivity contribution in [1.29, 1.82) is 0 Å². The highest BCUT2D eigenvalue weighted by Gasteiger charge is 2.19. The van der Waals surface area contributed by atoms with Crippen molar-refractivity contribution in [3.05, 3.63) is 18.2 Å². The van der Waals surface area contributed by atoms with Crippen molar-refractivity contribution in [1.82, 2.24) is 19.8 Å². The van der Waals surface area contributed by atoms with E-state index in [0.29, 0.717) is 12.1 Å². The SMILES string of the molecule is CC(CC1CCCCN1)N(C)Cc1nccn1C. The highest BCUT2D eigenvalue weighted by atomic mass is 15.2. The van der Waals surface area contributed by atoms with Gasteiger partial charge in [-0.15, -0.1) is 0 Å². The molecular weight excluding hydrogens is 224 g/mol. The Morgan fingerprint density at radius 1 is 1.56 bits per heavy atom. The molecule has 2 rings (SSSR count). The van der Waals surface area contributed by atoms with Crippen molar-refractivity contribution >= 4 is 0 Å². The molecular formula is C14H26N4. The van der Waals surface area contributed by atoms with E-state index in [2.05, 4.69) is 40.8 Å². The van der Waals surface area contributed by atoms with Gasteiger partial charge in [0.15, 0.2) is 0 Å². The van der Waals surface area contributed by atoms with Crippen LogP contribution in [0.15, 0.2) is 12.4 Å². The molecule has 0 bridgehead atoms. The summed E-state index contributed by atoms with van der Waals surface area (Å²) >= 11 is 0. The molecule has 0 radical (unpaired) electrons. The minimum Gasteiger partial charge on any atom is -0.337 e. The van der Waals surface area contributed by atoms with Crippen LogP contribution in [0.5, 0.6) is 0 Å². The lowest BCUT2D eigenvalue weighted by Crippen LogP contribution is -2.40. The Morgan fingerprint density at radius 2 is 2.39 bits per heavy atom. The number of rotatable bonds is 5. The molecule has 0 aromatic carbocycles. The highest BCUT2D eigenvalue weighted by molar-refractivity contribution is 4.91. The van der Waals surface area contributed by atoms with E-state index in [1.54, 1.807) is 0 Å². The molecule has 1 aromatic rings. The van der Waals surface area contributed by atoms with E-state index in [4.69, 9.17) is 0 Å². The van der Waals surface area contributed by atoms with Crippen LogP contribution in [-0.2, 0) is 13.6 Å². The van der Waals surface area contributed by atoms with E-state index in [1.165, 1.54) is 32.2 Å². The lowest BCUT2D eigenvalue weighted by atomic mass is 9.98. The second-order valence-electron chi connectivity index (χ2n) is 5.60. The Balaban J connectivity index is 1.80. The maximum atomic E-state index is 4.39. The van der Waals surface area contributed by atoms with Gasteiger partial charge in [-0.1, -0.05) is 6.42 Å². The zero-order valence-electron chi connectivity index (χ0n) is 11.9. The molecule has 1 aliphatic rings. The Labute approximate surface area is 110 Å². The number of hydrogen-bond acceptors (Lipinski definition) is 3. The van der Waals surface area contributed by atoms with Crippen molar-refractivity contribution in [2.45, 2.75) is 51.2 Å². The summed E-state index contributed by atoms with van der Waals surface area (Å²) in [5, 5.41) is 3.63. The van der Waals surface area contributed by atoms with Gasteiger partial charge in [0.25, 0.3) is 0 Å². The first-order valence-corrected chi connectivity index (χ1v) is 7.06. The number of nitrogens with one attached hydrogen (secondary N) is 1. The van der Waals surface area contributed by atoms with Gasteiger partial charge < -0.3 is 9.88 Å². The first-order chi connectivity index (χ1) is 8.66. The number of aryl methyl sites for hydroxylation is 1. The Kier molecular flexibility index (Phi) is 4.78. The summed E-state index contributed by atoms with van der Waals surface area (Å²) in [4.78, 5) is 6.79. The second kappa shape index (κ2) is 6.34. The maximum Gasteiger partial charge on any atom is 0.122 e. The van der Waals surface area contributed by atoms with Gasteiger partial charge >= 0.3 is 0 Å². The molecule has 2 atom stereocenters. The van der Waals surface area contributed by atoms with Crippen molar-refractivity contribution in [3.8, 4) is 0 Å². The summed E-state index contributed by atoms with van der Waals surface area (Å²) in [6.45, 7) is 4.44. The summed E-state index contributed by atoms with van der Waals surface area (Å²) in [5.41, 5.74) is 0. The van der Waals surface area contributed by atoms with Crippen LogP contribution >= 0.6 is 0 Å². The molecule has 1 aromatic heterocycles. The van der Waals surface area contributed by atoms with Gasteiger partial charge in [0.05, 0.1) is 6.54 Å². The molecule has 1 N–H and O–H groups in total. The molecule has 1 aliphatic heterocycles. The summed E-state index contributed by atoms with van der Waals surface area (Å²) in [5.74, 6) is 1.14. The van der Waals surface area contributed by atoms with E-state index in [1.807, 2.05) is 12.4 Å². The first-order valence-electron chi connectivity index (χ1n) is 7.06. The third-order valence-electron chi connectivity index (χ3n) is 4.10. The fraction of sp³-hybridized carbons (Fsp3) is 0.786.